The highest BCUT2D eigenvalue weighted by molar-refractivity contribution is 5.19. The molecule has 2 rings (SSSR count). The molecule has 1 N–H and O–H groups in total. The molecule has 1 fully saturated rings. The van der Waals surface area contributed by atoms with Gasteiger partial charge in [-0.25, -0.2) is 0 Å². The van der Waals surface area contributed by atoms with Crippen LogP contribution < -0.4 is 5.32 Å². The predicted molar refractivity (Wildman–Crippen MR) is 89.7 cm³/mol. The molecule has 4 nitrogen and oxygen atoms in total. The first kappa shape index (κ1) is 16.4. The van der Waals surface area contributed by atoms with Crippen LogP contribution in [0.3, 0.4) is 0 Å². The van der Waals surface area contributed by atoms with Gasteiger partial charge in [0.15, 0.2) is 0 Å². The van der Waals surface area contributed by atoms with Gasteiger partial charge >= 0.3 is 0 Å². The van der Waals surface area contributed by atoms with E-state index in [-0.39, 0.29) is 0 Å². The van der Waals surface area contributed by atoms with Crippen LogP contribution in [-0.2, 0) is 0 Å². The average molecular weight is 290 g/mol. The van der Waals surface area contributed by atoms with Gasteiger partial charge in [0.2, 0.25) is 0 Å². The Morgan fingerprint density at radius 2 is 1.38 bits per heavy atom. The first-order valence-electron chi connectivity index (χ1n) is 7.99. The predicted octanol–water partition coefficient (Wildman–Crippen LogP) is 1.13. The fourth-order valence-electron chi connectivity index (χ4n) is 2.71. The summed E-state index contributed by atoms with van der Waals surface area (Å²) in [4.78, 5) is 7.28. The number of benzene rings is 1. The van der Waals surface area contributed by atoms with E-state index in [2.05, 4.69) is 71.5 Å². The van der Waals surface area contributed by atoms with Crippen molar-refractivity contribution in [2.75, 3.05) is 67.0 Å². The second-order valence-corrected chi connectivity index (χ2v) is 6.29. The number of nitrogens with zero attached hydrogens (tertiary/aromatic N) is 3. The van der Waals surface area contributed by atoms with Crippen LogP contribution in [-0.4, -0.2) is 81.7 Å². The molecular formula is C17H30N4. The fourth-order valence-corrected chi connectivity index (χ4v) is 2.71. The van der Waals surface area contributed by atoms with Crippen molar-refractivity contribution >= 4 is 0 Å². The number of hydrogen-bond donors (Lipinski definition) is 1. The Labute approximate surface area is 129 Å². The van der Waals surface area contributed by atoms with Crippen molar-refractivity contribution in [2.24, 2.45) is 0 Å². The minimum atomic E-state index is 0.411. The molecule has 1 aromatic rings. The zero-order chi connectivity index (χ0) is 15.1. The topological polar surface area (TPSA) is 21.8 Å². The van der Waals surface area contributed by atoms with Crippen molar-refractivity contribution in [1.82, 2.24) is 20.0 Å². The summed E-state index contributed by atoms with van der Waals surface area (Å²) < 4.78 is 0. The maximum absolute atomic E-state index is 3.73. The van der Waals surface area contributed by atoms with Gasteiger partial charge in [0.05, 0.1) is 0 Å². The second-order valence-electron chi connectivity index (χ2n) is 6.29. The lowest BCUT2D eigenvalue weighted by Gasteiger charge is -2.30. The molecule has 0 bridgehead atoms. The zero-order valence-corrected chi connectivity index (χ0v) is 13.8. The summed E-state index contributed by atoms with van der Waals surface area (Å²) in [6.45, 7) is 7.72. The minimum absolute atomic E-state index is 0.411. The first-order chi connectivity index (χ1) is 10.1. The lowest BCUT2D eigenvalue weighted by Crippen LogP contribution is -2.42. The molecule has 1 unspecified atom stereocenters. The van der Waals surface area contributed by atoms with Crippen LogP contribution in [0.1, 0.15) is 11.6 Å². The van der Waals surface area contributed by atoms with Crippen molar-refractivity contribution in [1.29, 1.82) is 0 Å². The standard InChI is InChI=1S/C17H30N4/c1-19-10-9-18-17(16-7-5-4-6-8-16)15-21(3)14-13-20(2)12-11-19/h4-8,17-18H,9-15H2,1-3H3. The Morgan fingerprint density at radius 3 is 2.05 bits per heavy atom. The van der Waals surface area contributed by atoms with E-state index in [0.29, 0.717) is 6.04 Å². The number of rotatable bonds is 1. The molecule has 1 aliphatic rings. The number of hydrogen-bond acceptors (Lipinski definition) is 4. The van der Waals surface area contributed by atoms with E-state index >= 15 is 0 Å². The molecule has 1 heterocycles. The average Bonchev–Trinajstić information content (AvgIpc) is 2.50. The van der Waals surface area contributed by atoms with Gasteiger partial charge in [0, 0.05) is 51.9 Å². The van der Waals surface area contributed by atoms with E-state index in [1.54, 1.807) is 0 Å². The highest BCUT2D eigenvalue weighted by Crippen LogP contribution is 2.13. The van der Waals surface area contributed by atoms with Crippen LogP contribution in [0.5, 0.6) is 0 Å². The van der Waals surface area contributed by atoms with Crippen molar-refractivity contribution in [3.05, 3.63) is 35.9 Å². The molecule has 1 saturated heterocycles. The summed E-state index contributed by atoms with van der Waals surface area (Å²) in [5, 5.41) is 3.73. The summed E-state index contributed by atoms with van der Waals surface area (Å²) in [7, 11) is 6.66. The van der Waals surface area contributed by atoms with Crippen molar-refractivity contribution in [3.63, 3.8) is 0 Å². The number of likely N-dealkylation sites (N-methyl/N-ethyl adjacent to an activating group) is 3. The third-order valence-electron chi connectivity index (χ3n) is 4.31. The Balaban J connectivity index is 2.02. The molecule has 1 aromatic carbocycles. The largest absolute Gasteiger partial charge is 0.308 e. The van der Waals surface area contributed by atoms with Crippen molar-refractivity contribution in [2.45, 2.75) is 6.04 Å². The van der Waals surface area contributed by atoms with Crippen molar-refractivity contribution < 1.29 is 0 Å². The second kappa shape index (κ2) is 8.49. The van der Waals surface area contributed by atoms with E-state index in [1.807, 2.05) is 0 Å². The van der Waals surface area contributed by atoms with E-state index in [4.69, 9.17) is 0 Å². The van der Waals surface area contributed by atoms with E-state index in [1.165, 1.54) is 5.56 Å². The van der Waals surface area contributed by atoms with Crippen LogP contribution in [0.4, 0.5) is 0 Å². The Morgan fingerprint density at radius 1 is 0.810 bits per heavy atom. The first-order valence-corrected chi connectivity index (χ1v) is 7.99. The van der Waals surface area contributed by atoms with E-state index in [9.17, 15) is 0 Å². The Hall–Kier alpha value is -0.940. The zero-order valence-electron chi connectivity index (χ0n) is 13.8. The van der Waals surface area contributed by atoms with Gasteiger partial charge in [-0.1, -0.05) is 30.3 Å². The molecule has 0 spiro atoms. The summed E-state index contributed by atoms with van der Waals surface area (Å²) in [5.74, 6) is 0. The summed E-state index contributed by atoms with van der Waals surface area (Å²) in [6, 6.07) is 11.2. The number of nitrogens with one attached hydrogen (secondary N) is 1. The third kappa shape index (κ3) is 5.75. The summed E-state index contributed by atoms with van der Waals surface area (Å²) in [6.07, 6.45) is 0. The maximum atomic E-state index is 3.73. The third-order valence-corrected chi connectivity index (χ3v) is 4.31. The highest BCUT2D eigenvalue weighted by atomic mass is 15.2. The van der Waals surface area contributed by atoms with Gasteiger partial charge in [0.1, 0.15) is 0 Å². The molecule has 0 radical (unpaired) electrons. The summed E-state index contributed by atoms with van der Waals surface area (Å²) in [5.41, 5.74) is 1.39. The highest BCUT2D eigenvalue weighted by Gasteiger charge is 2.15. The molecule has 0 amide bonds. The molecule has 1 atom stereocenters. The monoisotopic (exact) mass is 290 g/mol. The van der Waals surface area contributed by atoms with Gasteiger partial charge in [-0.15, -0.1) is 0 Å². The fraction of sp³-hybridized carbons (Fsp3) is 0.647. The SMILES string of the molecule is CN1CCNC(c2ccccc2)CN(C)CCN(C)CC1. The molecule has 0 aliphatic carbocycles. The van der Waals surface area contributed by atoms with Gasteiger partial charge in [-0.05, 0) is 26.7 Å². The molecule has 118 valence electrons. The van der Waals surface area contributed by atoms with Gasteiger partial charge in [0.25, 0.3) is 0 Å². The van der Waals surface area contributed by atoms with Gasteiger partial charge in [-0.2, -0.15) is 0 Å². The molecule has 21 heavy (non-hydrogen) atoms. The summed E-state index contributed by atoms with van der Waals surface area (Å²) >= 11 is 0. The molecule has 0 aromatic heterocycles. The van der Waals surface area contributed by atoms with Crippen molar-refractivity contribution in [3.8, 4) is 0 Å². The van der Waals surface area contributed by atoms with Crippen LogP contribution >= 0.6 is 0 Å². The minimum Gasteiger partial charge on any atom is -0.308 e. The molecular weight excluding hydrogens is 260 g/mol. The lowest BCUT2D eigenvalue weighted by atomic mass is 10.1. The lowest BCUT2D eigenvalue weighted by molar-refractivity contribution is 0.203. The van der Waals surface area contributed by atoms with Crippen LogP contribution in [0.2, 0.25) is 0 Å². The Kier molecular flexibility index (Phi) is 6.64. The molecule has 0 saturated carbocycles. The molecule has 1 aliphatic heterocycles. The smallest absolute Gasteiger partial charge is 0.0449 e. The maximum Gasteiger partial charge on any atom is 0.0449 e. The van der Waals surface area contributed by atoms with Gasteiger partial charge < -0.3 is 20.0 Å². The quantitative estimate of drug-likeness (QED) is 0.837. The van der Waals surface area contributed by atoms with E-state index in [0.717, 1.165) is 45.8 Å². The molecule has 4 heteroatoms. The van der Waals surface area contributed by atoms with Gasteiger partial charge in [-0.3, -0.25) is 0 Å². The Bertz CT molecular complexity index is 395. The van der Waals surface area contributed by atoms with E-state index < -0.39 is 0 Å². The van der Waals surface area contributed by atoms with Crippen LogP contribution in [0.25, 0.3) is 0 Å². The normalized spacial score (nSPS) is 25.2. The van der Waals surface area contributed by atoms with Crippen LogP contribution in [0, 0.1) is 0 Å². The van der Waals surface area contributed by atoms with Crippen LogP contribution in [0.15, 0.2) is 30.3 Å².